The quantitative estimate of drug-likeness (QED) is 0.666. The number of thioether (sulfide) groups is 1. The number of ether oxygens (including phenoxy) is 2. The summed E-state index contributed by atoms with van der Waals surface area (Å²) in [5.74, 6) is 2.82. The molecule has 0 saturated heterocycles. The van der Waals surface area contributed by atoms with Crippen LogP contribution in [0, 0.1) is 11.3 Å². The Bertz CT molecular complexity index is 345. The predicted molar refractivity (Wildman–Crippen MR) is 70.5 cm³/mol. The first-order chi connectivity index (χ1) is 8.36. The zero-order valence-corrected chi connectivity index (χ0v) is 10.8. The molecule has 1 rings (SSSR count). The highest BCUT2D eigenvalue weighted by Gasteiger charge is 1.95. The summed E-state index contributed by atoms with van der Waals surface area (Å²) in [7, 11) is 1.71. The fourth-order valence-electron chi connectivity index (χ4n) is 1.26. The van der Waals surface area contributed by atoms with Crippen LogP contribution in [0.2, 0.25) is 0 Å². The van der Waals surface area contributed by atoms with E-state index in [2.05, 4.69) is 6.07 Å². The van der Waals surface area contributed by atoms with Crippen LogP contribution in [0.4, 0.5) is 0 Å². The normalized spacial score (nSPS) is 9.88. The molecule has 0 amide bonds. The van der Waals surface area contributed by atoms with Gasteiger partial charge in [-0.05, 0) is 17.7 Å². The minimum absolute atomic E-state index is 0.452. The summed E-state index contributed by atoms with van der Waals surface area (Å²) in [6.45, 7) is 1.49. The minimum Gasteiger partial charge on any atom is -0.493 e. The van der Waals surface area contributed by atoms with E-state index < -0.39 is 0 Å². The van der Waals surface area contributed by atoms with Crippen molar-refractivity contribution in [3.05, 3.63) is 29.8 Å². The second kappa shape index (κ2) is 8.91. The van der Waals surface area contributed by atoms with Crippen molar-refractivity contribution < 1.29 is 9.47 Å². The van der Waals surface area contributed by atoms with E-state index in [1.807, 2.05) is 36.0 Å². The molecular weight excluding hydrogens is 234 g/mol. The summed E-state index contributed by atoms with van der Waals surface area (Å²) in [5.41, 5.74) is 1.02. The van der Waals surface area contributed by atoms with Crippen LogP contribution in [0.5, 0.6) is 5.75 Å². The molecule has 0 atom stereocenters. The Labute approximate surface area is 107 Å². The molecule has 1 aromatic rings. The van der Waals surface area contributed by atoms with E-state index >= 15 is 0 Å². The maximum atomic E-state index is 8.54. The monoisotopic (exact) mass is 251 g/mol. The molecule has 0 radical (unpaired) electrons. The lowest BCUT2D eigenvalue weighted by Crippen LogP contribution is -2.02. The van der Waals surface area contributed by atoms with Crippen LogP contribution >= 0.6 is 11.8 Å². The number of benzene rings is 1. The average molecular weight is 251 g/mol. The topological polar surface area (TPSA) is 42.2 Å². The molecule has 0 aliphatic heterocycles. The van der Waals surface area contributed by atoms with E-state index in [-0.39, 0.29) is 0 Å². The Hall–Kier alpha value is -1.18. The third kappa shape index (κ3) is 6.20. The number of methoxy groups -OCH3 is 1. The second-order valence-electron chi connectivity index (χ2n) is 3.43. The smallest absolute Gasteiger partial charge is 0.119 e. The van der Waals surface area contributed by atoms with Crippen LogP contribution in [0.15, 0.2) is 24.3 Å². The molecule has 0 heterocycles. The van der Waals surface area contributed by atoms with Gasteiger partial charge in [0, 0.05) is 18.6 Å². The highest BCUT2D eigenvalue weighted by Crippen LogP contribution is 2.13. The second-order valence-corrected chi connectivity index (χ2v) is 4.66. The fraction of sp³-hybridized carbons (Fsp3) is 0.462. The van der Waals surface area contributed by atoms with Gasteiger partial charge in [0.1, 0.15) is 5.75 Å². The van der Waals surface area contributed by atoms with Gasteiger partial charge in [-0.1, -0.05) is 12.1 Å². The van der Waals surface area contributed by atoms with Crippen LogP contribution in [-0.2, 0) is 11.2 Å². The first-order valence-corrected chi connectivity index (χ1v) is 6.67. The molecule has 17 heavy (non-hydrogen) atoms. The largest absolute Gasteiger partial charge is 0.493 e. The molecular formula is C13H17NO2S. The minimum atomic E-state index is 0.452. The number of hydrogen-bond donors (Lipinski definition) is 0. The van der Waals surface area contributed by atoms with Gasteiger partial charge in [-0.3, -0.25) is 0 Å². The lowest BCUT2D eigenvalue weighted by molar-refractivity contribution is 0.218. The zero-order valence-electron chi connectivity index (χ0n) is 10.0. The molecule has 0 bridgehead atoms. The number of nitriles is 1. The van der Waals surface area contributed by atoms with Crippen molar-refractivity contribution in [1.29, 1.82) is 5.26 Å². The number of rotatable bonds is 8. The summed E-state index contributed by atoms with van der Waals surface area (Å²) in [5, 5.41) is 8.54. The first kappa shape index (κ1) is 13.9. The van der Waals surface area contributed by atoms with E-state index in [9.17, 15) is 0 Å². The fourth-order valence-corrected chi connectivity index (χ4v) is 1.95. The van der Waals surface area contributed by atoms with Crippen molar-refractivity contribution in [3.63, 3.8) is 0 Å². The molecule has 0 aliphatic carbocycles. The molecule has 0 aliphatic rings. The van der Waals surface area contributed by atoms with E-state index in [0.717, 1.165) is 29.4 Å². The van der Waals surface area contributed by atoms with Crippen LogP contribution in [0.25, 0.3) is 0 Å². The first-order valence-electron chi connectivity index (χ1n) is 5.52. The van der Waals surface area contributed by atoms with E-state index in [1.54, 1.807) is 7.11 Å². The van der Waals surface area contributed by atoms with Crippen LogP contribution in [0.3, 0.4) is 0 Å². The van der Waals surface area contributed by atoms with Gasteiger partial charge in [0.2, 0.25) is 0 Å². The highest BCUT2D eigenvalue weighted by atomic mass is 32.2. The van der Waals surface area contributed by atoms with Crippen molar-refractivity contribution in [3.8, 4) is 11.8 Å². The van der Waals surface area contributed by atoms with Gasteiger partial charge in [-0.2, -0.15) is 17.0 Å². The Morgan fingerprint density at radius 1 is 1.18 bits per heavy atom. The van der Waals surface area contributed by atoms with Gasteiger partial charge < -0.3 is 9.47 Å². The molecule has 0 N–H and O–H groups in total. The van der Waals surface area contributed by atoms with Crippen molar-refractivity contribution in [2.75, 3.05) is 31.8 Å². The summed E-state index contributed by atoms with van der Waals surface area (Å²) >= 11 is 1.82. The SMILES string of the molecule is COCCSCCOc1ccc(CC#N)cc1. The summed E-state index contributed by atoms with van der Waals surface area (Å²) in [4.78, 5) is 0. The zero-order chi connectivity index (χ0) is 12.3. The lowest BCUT2D eigenvalue weighted by atomic mass is 10.2. The molecule has 92 valence electrons. The average Bonchev–Trinajstić information content (AvgIpc) is 2.36. The third-order valence-corrected chi connectivity index (χ3v) is 3.05. The predicted octanol–water partition coefficient (Wildman–Crippen LogP) is 2.51. The molecule has 4 heteroatoms. The highest BCUT2D eigenvalue weighted by molar-refractivity contribution is 7.99. The molecule has 3 nitrogen and oxygen atoms in total. The molecule has 0 unspecified atom stereocenters. The van der Waals surface area contributed by atoms with E-state index in [4.69, 9.17) is 14.7 Å². The van der Waals surface area contributed by atoms with Gasteiger partial charge in [0.15, 0.2) is 0 Å². The van der Waals surface area contributed by atoms with E-state index in [1.165, 1.54) is 0 Å². The number of nitrogens with zero attached hydrogens (tertiary/aromatic N) is 1. The Kier molecular flexibility index (Phi) is 7.28. The standard InChI is InChI=1S/C13H17NO2S/c1-15-8-10-17-11-9-16-13-4-2-12(3-5-13)6-7-14/h2-5H,6,8-11H2,1H3. The Morgan fingerprint density at radius 2 is 1.88 bits per heavy atom. The van der Waals surface area contributed by atoms with E-state index in [0.29, 0.717) is 13.0 Å². The van der Waals surface area contributed by atoms with Crippen molar-refractivity contribution in [1.82, 2.24) is 0 Å². The molecule has 1 aromatic carbocycles. The molecule has 0 aromatic heterocycles. The molecule has 0 fully saturated rings. The van der Waals surface area contributed by atoms with Gasteiger partial charge >= 0.3 is 0 Å². The Balaban J connectivity index is 2.17. The van der Waals surface area contributed by atoms with Crippen LogP contribution in [-0.4, -0.2) is 31.8 Å². The van der Waals surface area contributed by atoms with Gasteiger partial charge in [-0.25, -0.2) is 0 Å². The number of hydrogen-bond acceptors (Lipinski definition) is 4. The summed E-state index contributed by atoms with van der Waals surface area (Å²) < 4.78 is 10.5. The maximum absolute atomic E-state index is 8.54. The van der Waals surface area contributed by atoms with Crippen LogP contribution < -0.4 is 4.74 Å². The van der Waals surface area contributed by atoms with Gasteiger partial charge in [0.05, 0.1) is 25.7 Å². The van der Waals surface area contributed by atoms with Gasteiger partial charge in [0.25, 0.3) is 0 Å². The molecule has 0 spiro atoms. The van der Waals surface area contributed by atoms with Crippen LogP contribution in [0.1, 0.15) is 5.56 Å². The van der Waals surface area contributed by atoms with Gasteiger partial charge in [-0.15, -0.1) is 0 Å². The third-order valence-electron chi connectivity index (χ3n) is 2.13. The summed E-state index contributed by atoms with van der Waals surface area (Å²) in [6.07, 6.45) is 0.452. The molecule has 0 saturated carbocycles. The van der Waals surface area contributed by atoms with Crippen molar-refractivity contribution >= 4 is 11.8 Å². The summed E-state index contributed by atoms with van der Waals surface area (Å²) in [6, 6.07) is 9.79. The lowest BCUT2D eigenvalue weighted by Gasteiger charge is -2.06. The van der Waals surface area contributed by atoms with Crippen molar-refractivity contribution in [2.45, 2.75) is 6.42 Å². The maximum Gasteiger partial charge on any atom is 0.119 e. The van der Waals surface area contributed by atoms with Crippen molar-refractivity contribution in [2.24, 2.45) is 0 Å². The Morgan fingerprint density at radius 3 is 2.53 bits per heavy atom.